The van der Waals surface area contributed by atoms with Crippen molar-refractivity contribution < 1.29 is 9.13 Å². The van der Waals surface area contributed by atoms with Crippen LogP contribution in [-0.2, 0) is 6.42 Å². The summed E-state index contributed by atoms with van der Waals surface area (Å²) in [4.78, 5) is 0. The average Bonchev–Trinajstić information content (AvgIpc) is 2.49. The van der Waals surface area contributed by atoms with E-state index in [1.165, 1.54) is 23.3 Å². The molecule has 2 nitrogen and oxygen atoms in total. The highest BCUT2D eigenvalue weighted by atomic mass is 19.1. The number of fused-ring (bicyclic) bond motifs is 1. The number of aryl methyl sites for hydroxylation is 1. The van der Waals surface area contributed by atoms with Gasteiger partial charge in [-0.1, -0.05) is 24.3 Å². The van der Waals surface area contributed by atoms with Crippen LogP contribution >= 0.6 is 0 Å². The second-order valence-corrected chi connectivity index (χ2v) is 5.11. The van der Waals surface area contributed by atoms with Gasteiger partial charge in [0.15, 0.2) is 0 Å². The number of likely N-dealkylation sites (N-methyl/N-ethyl adjacent to an activating group) is 1. The number of ether oxygens (including phenoxy) is 1. The van der Waals surface area contributed by atoms with Crippen LogP contribution in [0.15, 0.2) is 48.5 Å². The third-order valence-electron chi connectivity index (χ3n) is 3.87. The molecular weight excluding hydrogens is 253 g/mol. The quantitative estimate of drug-likeness (QED) is 0.922. The van der Waals surface area contributed by atoms with Crippen LogP contribution in [0.4, 0.5) is 4.39 Å². The van der Waals surface area contributed by atoms with Crippen molar-refractivity contribution >= 4 is 0 Å². The standard InChI is InChI=1S/C17H18FNO/c1-19-17-15-5-3-2-4-12(15)6-11-16(17)20-14-9-7-13(18)8-10-14/h2-5,7-10,16-17,19H,6,11H2,1H3. The zero-order chi connectivity index (χ0) is 13.9. The summed E-state index contributed by atoms with van der Waals surface area (Å²) >= 11 is 0. The summed E-state index contributed by atoms with van der Waals surface area (Å²) < 4.78 is 19.0. The maximum atomic E-state index is 12.9. The molecule has 2 unspecified atom stereocenters. The Morgan fingerprint density at radius 1 is 1.10 bits per heavy atom. The molecule has 2 aromatic rings. The van der Waals surface area contributed by atoms with E-state index in [4.69, 9.17) is 4.74 Å². The van der Waals surface area contributed by atoms with Crippen LogP contribution in [0.5, 0.6) is 5.75 Å². The van der Waals surface area contributed by atoms with E-state index in [0.29, 0.717) is 0 Å². The molecule has 0 heterocycles. The summed E-state index contributed by atoms with van der Waals surface area (Å²) in [6, 6.07) is 14.9. The molecule has 0 radical (unpaired) electrons. The van der Waals surface area contributed by atoms with Crippen molar-refractivity contribution in [3.8, 4) is 5.75 Å². The number of rotatable bonds is 3. The lowest BCUT2D eigenvalue weighted by atomic mass is 9.85. The van der Waals surface area contributed by atoms with Gasteiger partial charge in [0.25, 0.3) is 0 Å². The third-order valence-corrected chi connectivity index (χ3v) is 3.87. The van der Waals surface area contributed by atoms with E-state index in [0.717, 1.165) is 18.6 Å². The fraction of sp³-hybridized carbons (Fsp3) is 0.294. The van der Waals surface area contributed by atoms with E-state index in [1.807, 2.05) is 7.05 Å². The molecule has 0 amide bonds. The van der Waals surface area contributed by atoms with E-state index < -0.39 is 0 Å². The molecule has 0 spiro atoms. The molecular formula is C17H18FNO. The minimum absolute atomic E-state index is 0.0698. The molecule has 1 aliphatic rings. The molecule has 2 aromatic carbocycles. The normalized spacial score (nSPS) is 21.3. The van der Waals surface area contributed by atoms with Gasteiger partial charge < -0.3 is 10.1 Å². The van der Waals surface area contributed by atoms with Gasteiger partial charge in [-0.25, -0.2) is 4.39 Å². The molecule has 2 atom stereocenters. The predicted molar refractivity (Wildman–Crippen MR) is 77.4 cm³/mol. The van der Waals surface area contributed by atoms with Gasteiger partial charge in [-0.2, -0.15) is 0 Å². The third kappa shape index (κ3) is 2.54. The average molecular weight is 271 g/mol. The largest absolute Gasteiger partial charge is 0.488 e. The fourth-order valence-electron chi connectivity index (χ4n) is 2.89. The molecule has 0 bridgehead atoms. The van der Waals surface area contributed by atoms with Gasteiger partial charge >= 0.3 is 0 Å². The number of nitrogens with one attached hydrogen (secondary N) is 1. The number of hydrogen-bond donors (Lipinski definition) is 1. The maximum Gasteiger partial charge on any atom is 0.123 e. The first-order chi connectivity index (χ1) is 9.78. The molecule has 0 aromatic heterocycles. The zero-order valence-corrected chi connectivity index (χ0v) is 11.5. The Hall–Kier alpha value is -1.87. The Kier molecular flexibility index (Phi) is 3.70. The minimum Gasteiger partial charge on any atom is -0.488 e. The van der Waals surface area contributed by atoms with Gasteiger partial charge in [0.2, 0.25) is 0 Å². The van der Waals surface area contributed by atoms with Crippen LogP contribution < -0.4 is 10.1 Å². The highest BCUT2D eigenvalue weighted by molar-refractivity contribution is 5.34. The molecule has 1 aliphatic carbocycles. The van der Waals surface area contributed by atoms with Crippen LogP contribution in [0, 0.1) is 5.82 Å². The van der Waals surface area contributed by atoms with Crippen molar-refractivity contribution in [2.24, 2.45) is 0 Å². The van der Waals surface area contributed by atoms with Gasteiger partial charge in [0.05, 0.1) is 6.04 Å². The van der Waals surface area contributed by atoms with Crippen LogP contribution in [0.25, 0.3) is 0 Å². The Morgan fingerprint density at radius 2 is 1.85 bits per heavy atom. The van der Waals surface area contributed by atoms with Crippen LogP contribution in [-0.4, -0.2) is 13.2 Å². The summed E-state index contributed by atoms with van der Waals surface area (Å²) in [7, 11) is 1.95. The van der Waals surface area contributed by atoms with Crippen LogP contribution in [0.1, 0.15) is 23.6 Å². The Bertz CT molecular complexity index is 582. The van der Waals surface area contributed by atoms with Crippen molar-refractivity contribution in [1.29, 1.82) is 0 Å². The molecule has 3 heteroatoms. The summed E-state index contributed by atoms with van der Waals surface area (Å²) in [6.07, 6.45) is 2.04. The molecule has 0 saturated heterocycles. The molecule has 0 aliphatic heterocycles. The minimum atomic E-state index is -0.239. The summed E-state index contributed by atoms with van der Waals surface area (Å²) in [6.45, 7) is 0. The zero-order valence-electron chi connectivity index (χ0n) is 11.5. The van der Waals surface area contributed by atoms with Crippen molar-refractivity contribution in [3.63, 3.8) is 0 Å². The van der Waals surface area contributed by atoms with Gasteiger partial charge in [0.1, 0.15) is 17.7 Å². The van der Waals surface area contributed by atoms with Crippen molar-refractivity contribution in [2.75, 3.05) is 7.05 Å². The lowest BCUT2D eigenvalue weighted by Crippen LogP contribution is -2.37. The van der Waals surface area contributed by atoms with Crippen molar-refractivity contribution in [3.05, 3.63) is 65.5 Å². The van der Waals surface area contributed by atoms with Gasteiger partial charge in [-0.15, -0.1) is 0 Å². The Labute approximate surface area is 118 Å². The summed E-state index contributed by atoms with van der Waals surface area (Å²) in [5.74, 6) is 0.479. The van der Waals surface area contributed by atoms with Crippen LogP contribution in [0.2, 0.25) is 0 Å². The van der Waals surface area contributed by atoms with E-state index >= 15 is 0 Å². The monoisotopic (exact) mass is 271 g/mol. The molecule has 3 rings (SSSR count). The first-order valence-electron chi connectivity index (χ1n) is 6.95. The van der Waals surface area contributed by atoms with E-state index in [1.54, 1.807) is 12.1 Å². The SMILES string of the molecule is CNC1c2ccccc2CCC1Oc1ccc(F)cc1. The summed E-state index contributed by atoms with van der Waals surface area (Å²) in [5.41, 5.74) is 2.68. The Balaban J connectivity index is 1.82. The van der Waals surface area contributed by atoms with E-state index in [-0.39, 0.29) is 18.0 Å². The van der Waals surface area contributed by atoms with Crippen LogP contribution in [0.3, 0.4) is 0 Å². The molecule has 0 saturated carbocycles. The van der Waals surface area contributed by atoms with Gasteiger partial charge in [-0.05, 0) is 55.3 Å². The fourth-order valence-corrected chi connectivity index (χ4v) is 2.89. The second kappa shape index (κ2) is 5.63. The first-order valence-corrected chi connectivity index (χ1v) is 6.95. The van der Waals surface area contributed by atoms with Crippen molar-refractivity contribution in [2.45, 2.75) is 25.0 Å². The first kappa shape index (κ1) is 13.1. The number of benzene rings is 2. The molecule has 104 valence electrons. The highest BCUT2D eigenvalue weighted by Crippen LogP contribution is 2.32. The van der Waals surface area contributed by atoms with E-state index in [9.17, 15) is 4.39 Å². The van der Waals surface area contributed by atoms with Gasteiger partial charge in [-0.3, -0.25) is 0 Å². The summed E-state index contributed by atoms with van der Waals surface area (Å²) in [5, 5.41) is 3.34. The lowest BCUT2D eigenvalue weighted by molar-refractivity contribution is 0.139. The lowest BCUT2D eigenvalue weighted by Gasteiger charge is -2.33. The highest BCUT2D eigenvalue weighted by Gasteiger charge is 2.29. The number of hydrogen-bond acceptors (Lipinski definition) is 2. The maximum absolute atomic E-state index is 12.9. The smallest absolute Gasteiger partial charge is 0.123 e. The van der Waals surface area contributed by atoms with E-state index in [2.05, 4.69) is 29.6 Å². The number of halogens is 1. The Morgan fingerprint density at radius 3 is 2.60 bits per heavy atom. The molecule has 0 fully saturated rings. The van der Waals surface area contributed by atoms with Crippen molar-refractivity contribution in [1.82, 2.24) is 5.32 Å². The predicted octanol–water partition coefficient (Wildman–Crippen LogP) is 3.48. The second-order valence-electron chi connectivity index (χ2n) is 5.11. The molecule has 1 N–H and O–H groups in total. The topological polar surface area (TPSA) is 21.3 Å². The molecule has 20 heavy (non-hydrogen) atoms. The van der Waals surface area contributed by atoms with Gasteiger partial charge in [0, 0.05) is 0 Å².